The van der Waals surface area contributed by atoms with Crippen molar-refractivity contribution in [3.8, 4) is 0 Å². The van der Waals surface area contributed by atoms with Gasteiger partial charge in [0.2, 0.25) is 5.91 Å². The number of benzene rings is 1. The van der Waals surface area contributed by atoms with Gasteiger partial charge >= 0.3 is 0 Å². The maximum atomic E-state index is 12.0. The van der Waals surface area contributed by atoms with Gasteiger partial charge in [-0.1, -0.05) is 37.3 Å². The highest BCUT2D eigenvalue weighted by atomic mass is 127. The molecule has 0 aliphatic carbocycles. The number of aliphatic imine (C=N–C) groups is 1. The molecule has 1 aromatic carbocycles. The summed E-state index contributed by atoms with van der Waals surface area (Å²) in [6, 6.07) is 11.2. The number of nitrogens with zero attached hydrogens (tertiary/aromatic N) is 3. The van der Waals surface area contributed by atoms with Crippen LogP contribution in [0.25, 0.3) is 0 Å². The van der Waals surface area contributed by atoms with Gasteiger partial charge < -0.3 is 20.3 Å². The number of nitrogens with one attached hydrogen (secondary N) is 2. The maximum absolute atomic E-state index is 12.0. The minimum atomic E-state index is 0. The first-order valence-electron chi connectivity index (χ1n) is 10.7. The number of hydrogen-bond donors (Lipinski definition) is 2. The predicted molar refractivity (Wildman–Crippen MR) is 131 cm³/mol. The van der Waals surface area contributed by atoms with E-state index in [1.54, 1.807) is 7.05 Å². The number of halogens is 1. The Morgan fingerprint density at radius 2 is 2.07 bits per heavy atom. The van der Waals surface area contributed by atoms with E-state index in [9.17, 15) is 4.79 Å². The molecule has 2 saturated heterocycles. The Morgan fingerprint density at radius 1 is 1.30 bits per heavy atom. The molecule has 0 aromatic heterocycles. The van der Waals surface area contributed by atoms with Crippen molar-refractivity contribution >= 4 is 35.8 Å². The van der Waals surface area contributed by atoms with E-state index in [0.29, 0.717) is 19.0 Å². The third-order valence-electron chi connectivity index (χ3n) is 5.81. The van der Waals surface area contributed by atoms with Crippen LogP contribution in [0.2, 0.25) is 0 Å². The summed E-state index contributed by atoms with van der Waals surface area (Å²) in [5.41, 5.74) is 1.33. The summed E-state index contributed by atoms with van der Waals surface area (Å²) < 4.78 is 6.06. The predicted octanol–water partition coefficient (Wildman–Crippen LogP) is 2.07. The van der Waals surface area contributed by atoms with Gasteiger partial charge in [-0.15, -0.1) is 24.0 Å². The van der Waals surface area contributed by atoms with E-state index in [1.165, 1.54) is 5.56 Å². The zero-order chi connectivity index (χ0) is 20.6. The topological polar surface area (TPSA) is 69.2 Å². The molecule has 1 aromatic rings. The van der Waals surface area contributed by atoms with Gasteiger partial charge in [-0.2, -0.15) is 0 Å². The summed E-state index contributed by atoms with van der Waals surface area (Å²) in [6.45, 7) is 9.05. The van der Waals surface area contributed by atoms with E-state index in [0.717, 1.165) is 45.2 Å². The minimum absolute atomic E-state index is 0. The highest BCUT2D eigenvalue weighted by molar-refractivity contribution is 14.0. The summed E-state index contributed by atoms with van der Waals surface area (Å²) >= 11 is 0. The van der Waals surface area contributed by atoms with E-state index < -0.39 is 0 Å². The average molecular weight is 529 g/mol. The summed E-state index contributed by atoms with van der Waals surface area (Å²) in [7, 11) is 1.80. The fourth-order valence-electron chi connectivity index (χ4n) is 4.01. The molecule has 0 spiro atoms. The SMILES string of the molecule is CCC(C)NC(=O)CCNC(=NC)N1CC2OCCN(Cc3ccccc3)C2C1.I. The van der Waals surface area contributed by atoms with Crippen molar-refractivity contribution in [1.29, 1.82) is 0 Å². The third kappa shape index (κ3) is 6.81. The Kier molecular flexibility index (Phi) is 10.3. The molecule has 30 heavy (non-hydrogen) atoms. The normalized spacial score (nSPS) is 22.8. The van der Waals surface area contributed by atoms with Crippen LogP contribution in [0.5, 0.6) is 0 Å². The zero-order valence-corrected chi connectivity index (χ0v) is 20.7. The third-order valence-corrected chi connectivity index (χ3v) is 5.81. The fourth-order valence-corrected chi connectivity index (χ4v) is 4.01. The van der Waals surface area contributed by atoms with Gasteiger partial charge in [-0.3, -0.25) is 14.7 Å². The lowest BCUT2D eigenvalue weighted by atomic mass is 10.1. The minimum Gasteiger partial charge on any atom is -0.373 e. The highest BCUT2D eigenvalue weighted by Crippen LogP contribution is 2.24. The Morgan fingerprint density at radius 3 is 2.77 bits per heavy atom. The molecule has 168 valence electrons. The second-order valence-corrected chi connectivity index (χ2v) is 7.94. The summed E-state index contributed by atoms with van der Waals surface area (Å²) in [4.78, 5) is 21.2. The number of amides is 1. The molecule has 8 heteroatoms. The van der Waals surface area contributed by atoms with Gasteiger partial charge in [-0.05, 0) is 18.9 Å². The van der Waals surface area contributed by atoms with Gasteiger partial charge in [0.15, 0.2) is 5.96 Å². The number of morpholine rings is 1. The number of likely N-dealkylation sites (tertiary alicyclic amines) is 1. The first-order valence-corrected chi connectivity index (χ1v) is 10.7. The van der Waals surface area contributed by atoms with Gasteiger partial charge in [0.1, 0.15) is 0 Å². The van der Waals surface area contributed by atoms with Crippen molar-refractivity contribution in [2.45, 2.75) is 51.4 Å². The molecule has 0 bridgehead atoms. The number of ether oxygens (including phenoxy) is 1. The van der Waals surface area contributed by atoms with Crippen molar-refractivity contribution < 1.29 is 9.53 Å². The van der Waals surface area contributed by atoms with Crippen LogP contribution >= 0.6 is 24.0 Å². The second kappa shape index (κ2) is 12.5. The first-order chi connectivity index (χ1) is 14.1. The number of rotatable bonds is 7. The lowest BCUT2D eigenvalue weighted by Crippen LogP contribution is -2.50. The molecule has 7 nitrogen and oxygen atoms in total. The lowest BCUT2D eigenvalue weighted by molar-refractivity contribution is -0.121. The van der Waals surface area contributed by atoms with Crippen molar-refractivity contribution in [3.63, 3.8) is 0 Å². The molecule has 2 N–H and O–H groups in total. The van der Waals surface area contributed by atoms with Gasteiger partial charge in [-0.25, -0.2) is 0 Å². The van der Waals surface area contributed by atoms with E-state index in [2.05, 4.69) is 62.7 Å². The van der Waals surface area contributed by atoms with Gasteiger partial charge in [0, 0.05) is 52.2 Å². The molecule has 0 radical (unpaired) electrons. The fraction of sp³-hybridized carbons (Fsp3) is 0.636. The number of fused-ring (bicyclic) bond motifs is 1. The van der Waals surface area contributed by atoms with Gasteiger partial charge in [0.25, 0.3) is 0 Å². The standard InChI is InChI=1S/C22H35N5O2.HI/c1-4-17(2)25-21(28)10-11-24-22(23-3)27-15-19-20(16-27)29-13-12-26(19)14-18-8-6-5-7-9-18;/h5-9,17,19-20H,4,10-16H2,1-3H3,(H,23,24)(H,25,28);1H. The molecular weight excluding hydrogens is 493 g/mol. The van der Waals surface area contributed by atoms with E-state index in [4.69, 9.17) is 4.74 Å². The van der Waals surface area contributed by atoms with E-state index >= 15 is 0 Å². The van der Waals surface area contributed by atoms with Crippen LogP contribution in [0, 0.1) is 0 Å². The van der Waals surface area contributed by atoms with Crippen molar-refractivity contribution in [2.75, 3.05) is 39.8 Å². The zero-order valence-electron chi connectivity index (χ0n) is 18.3. The van der Waals surface area contributed by atoms with E-state index in [1.807, 2.05) is 6.92 Å². The largest absolute Gasteiger partial charge is 0.373 e. The monoisotopic (exact) mass is 529 g/mol. The van der Waals surface area contributed by atoms with Crippen molar-refractivity contribution in [1.82, 2.24) is 20.4 Å². The lowest BCUT2D eigenvalue weighted by Gasteiger charge is -2.36. The van der Waals surface area contributed by atoms with Crippen LogP contribution in [0.3, 0.4) is 0 Å². The van der Waals surface area contributed by atoms with Crippen LogP contribution in [0.4, 0.5) is 0 Å². The highest BCUT2D eigenvalue weighted by Gasteiger charge is 2.41. The number of hydrogen-bond acceptors (Lipinski definition) is 4. The summed E-state index contributed by atoms with van der Waals surface area (Å²) in [5.74, 6) is 0.925. The molecule has 2 aliphatic rings. The second-order valence-electron chi connectivity index (χ2n) is 7.94. The average Bonchev–Trinajstić information content (AvgIpc) is 3.17. The number of carbonyl (C=O) groups excluding carboxylic acids is 1. The van der Waals surface area contributed by atoms with Gasteiger partial charge in [0.05, 0.1) is 18.8 Å². The molecule has 2 heterocycles. The maximum Gasteiger partial charge on any atom is 0.221 e. The molecule has 0 saturated carbocycles. The number of carbonyl (C=O) groups is 1. The Hall–Kier alpha value is -1.39. The molecule has 3 unspecified atom stereocenters. The van der Waals surface area contributed by atoms with Crippen molar-refractivity contribution in [2.24, 2.45) is 4.99 Å². The number of guanidine groups is 1. The summed E-state index contributed by atoms with van der Waals surface area (Å²) in [5, 5.41) is 6.35. The molecule has 2 aliphatic heterocycles. The van der Waals surface area contributed by atoms with E-state index in [-0.39, 0.29) is 42.0 Å². The van der Waals surface area contributed by atoms with Crippen LogP contribution in [0.1, 0.15) is 32.3 Å². The van der Waals surface area contributed by atoms with Crippen LogP contribution < -0.4 is 10.6 Å². The molecule has 2 fully saturated rings. The van der Waals surface area contributed by atoms with Crippen LogP contribution in [-0.4, -0.2) is 79.7 Å². The van der Waals surface area contributed by atoms with Crippen LogP contribution in [0.15, 0.2) is 35.3 Å². The molecule has 1 amide bonds. The Balaban J connectivity index is 0.00000320. The molecule has 3 rings (SSSR count). The smallest absolute Gasteiger partial charge is 0.221 e. The first kappa shape index (κ1) is 24.9. The Labute approximate surface area is 197 Å². The molecular formula is C22H36IN5O2. The molecule has 3 atom stereocenters. The summed E-state index contributed by atoms with van der Waals surface area (Å²) in [6.07, 6.45) is 1.58. The quantitative estimate of drug-likeness (QED) is 0.322. The Bertz CT molecular complexity index is 687. The van der Waals surface area contributed by atoms with Crippen molar-refractivity contribution in [3.05, 3.63) is 35.9 Å². The van der Waals surface area contributed by atoms with Crippen LogP contribution in [-0.2, 0) is 16.1 Å².